The van der Waals surface area contributed by atoms with Crippen LogP contribution in [0.1, 0.15) is 15.9 Å². The Bertz CT molecular complexity index is 623. The van der Waals surface area contributed by atoms with Crippen molar-refractivity contribution >= 4 is 44.9 Å². The fraction of sp³-hybridized carbons (Fsp3) is 0.0714. The van der Waals surface area contributed by atoms with E-state index in [0.717, 1.165) is 0 Å². The molecular formula is C14H8BrCl2FO. The van der Waals surface area contributed by atoms with Crippen molar-refractivity contribution in [3.63, 3.8) is 0 Å². The monoisotopic (exact) mass is 360 g/mol. The first-order valence-electron chi connectivity index (χ1n) is 5.41. The molecule has 0 spiro atoms. The summed E-state index contributed by atoms with van der Waals surface area (Å²) in [4.78, 5) is 12.1. The molecule has 98 valence electrons. The zero-order valence-electron chi connectivity index (χ0n) is 9.59. The average molecular weight is 362 g/mol. The Morgan fingerprint density at radius 3 is 2.32 bits per heavy atom. The van der Waals surface area contributed by atoms with Gasteiger partial charge in [-0.2, -0.15) is 0 Å². The molecule has 0 aliphatic rings. The van der Waals surface area contributed by atoms with Crippen LogP contribution in [0.4, 0.5) is 4.39 Å². The van der Waals surface area contributed by atoms with Crippen LogP contribution in [0.2, 0.25) is 10.0 Å². The molecule has 0 saturated heterocycles. The molecule has 0 radical (unpaired) electrons. The summed E-state index contributed by atoms with van der Waals surface area (Å²) in [5, 5.41) is 0.799. The largest absolute Gasteiger partial charge is 0.294 e. The van der Waals surface area contributed by atoms with Crippen LogP contribution in [0.15, 0.2) is 40.9 Å². The highest BCUT2D eigenvalue weighted by molar-refractivity contribution is 9.10. The van der Waals surface area contributed by atoms with Crippen LogP contribution >= 0.6 is 39.1 Å². The van der Waals surface area contributed by atoms with Crippen molar-refractivity contribution in [3.8, 4) is 0 Å². The van der Waals surface area contributed by atoms with Gasteiger partial charge in [0.05, 0.1) is 10.0 Å². The molecule has 0 unspecified atom stereocenters. The molecule has 0 aliphatic heterocycles. The Hall–Kier alpha value is -0.900. The maximum absolute atomic E-state index is 13.8. The van der Waals surface area contributed by atoms with Gasteiger partial charge in [-0.15, -0.1) is 0 Å². The zero-order valence-corrected chi connectivity index (χ0v) is 12.7. The molecule has 2 aromatic rings. The minimum Gasteiger partial charge on any atom is -0.294 e. The third-order valence-electron chi connectivity index (χ3n) is 2.65. The van der Waals surface area contributed by atoms with Crippen molar-refractivity contribution in [1.82, 2.24) is 0 Å². The van der Waals surface area contributed by atoms with E-state index in [1.54, 1.807) is 24.3 Å². The quantitative estimate of drug-likeness (QED) is 0.676. The zero-order chi connectivity index (χ0) is 14.0. The number of Topliss-reactive ketones (excluding diaryl/α,β-unsaturated/α-hetero) is 1. The fourth-order valence-corrected chi connectivity index (χ4v) is 2.57. The molecule has 1 nitrogen and oxygen atoms in total. The smallest absolute Gasteiger partial charge is 0.170 e. The lowest BCUT2D eigenvalue weighted by atomic mass is 10.0. The van der Waals surface area contributed by atoms with Crippen LogP contribution < -0.4 is 0 Å². The van der Waals surface area contributed by atoms with Crippen molar-refractivity contribution in [1.29, 1.82) is 0 Å². The molecule has 5 heteroatoms. The third kappa shape index (κ3) is 3.16. The average Bonchev–Trinajstić information content (AvgIpc) is 2.37. The lowest BCUT2D eigenvalue weighted by Crippen LogP contribution is -2.07. The van der Waals surface area contributed by atoms with E-state index in [2.05, 4.69) is 15.9 Å². The number of benzene rings is 2. The van der Waals surface area contributed by atoms with E-state index in [-0.39, 0.29) is 22.2 Å². The molecule has 0 aromatic heterocycles. The number of ketones is 1. The highest BCUT2D eigenvalue weighted by Crippen LogP contribution is 2.27. The van der Waals surface area contributed by atoms with Crippen molar-refractivity contribution in [2.45, 2.75) is 6.42 Å². The number of carbonyl (C=O) groups is 1. The van der Waals surface area contributed by atoms with Gasteiger partial charge in [0, 0.05) is 16.5 Å². The van der Waals surface area contributed by atoms with Gasteiger partial charge in [-0.05, 0) is 45.8 Å². The van der Waals surface area contributed by atoms with Crippen molar-refractivity contribution < 1.29 is 9.18 Å². The van der Waals surface area contributed by atoms with E-state index >= 15 is 0 Å². The van der Waals surface area contributed by atoms with Gasteiger partial charge in [0.2, 0.25) is 0 Å². The Balaban J connectivity index is 2.34. The van der Waals surface area contributed by atoms with Crippen LogP contribution in [0.5, 0.6) is 0 Å². The molecule has 0 saturated carbocycles. The highest BCUT2D eigenvalue weighted by Gasteiger charge is 2.17. The topological polar surface area (TPSA) is 17.1 Å². The van der Waals surface area contributed by atoms with Gasteiger partial charge in [-0.1, -0.05) is 35.3 Å². The van der Waals surface area contributed by atoms with Crippen molar-refractivity contribution in [3.05, 3.63) is 67.9 Å². The van der Waals surface area contributed by atoms with Crippen LogP contribution in [-0.2, 0) is 6.42 Å². The van der Waals surface area contributed by atoms with Gasteiger partial charge >= 0.3 is 0 Å². The van der Waals surface area contributed by atoms with Gasteiger partial charge in [0.15, 0.2) is 5.78 Å². The first kappa shape index (κ1) is 14.5. The summed E-state index contributed by atoms with van der Waals surface area (Å²) in [7, 11) is 0. The lowest BCUT2D eigenvalue weighted by Gasteiger charge is -2.07. The lowest BCUT2D eigenvalue weighted by molar-refractivity contribution is 0.0989. The molecule has 0 amide bonds. The van der Waals surface area contributed by atoms with Crippen molar-refractivity contribution in [2.75, 3.05) is 0 Å². The Kier molecular flexibility index (Phi) is 4.61. The molecular weight excluding hydrogens is 354 g/mol. The van der Waals surface area contributed by atoms with Crippen LogP contribution in [0.3, 0.4) is 0 Å². The summed E-state index contributed by atoms with van der Waals surface area (Å²) in [6.07, 6.45) is -0.0358. The first-order chi connectivity index (χ1) is 9.00. The van der Waals surface area contributed by atoms with Gasteiger partial charge in [0.1, 0.15) is 5.82 Å². The van der Waals surface area contributed by atoms with E-state index in [0.29, 0.717) is 15.6 Å². The Morgan fingerprint density at radius 1 is 1.11 bits per heavy atom. The molecule has 0 heterocycles. The predicted molar refractivity (Wildman–Crippen MR) is 78.6 cm³/mol. The van der Waals surface area contributed by atoms with E-state index in [4.69, 9.17) is 23.2 Å². The Morgan fingerprint density at radius 2 is 1.68 bits per heavy atom. The molecule has 19 heavy (non-hydrogen) atoms. The normalized spacial score (nSPS) is 10.5. The molecule has 0 N–H and O–H groups in total. The van der Waals surface area contributed by atoms with E-state index in [1.165, 1.54) is 12.1 Å². The highest BCUT2D eigenvalue weighted by atomic mass is 79.9. The maximum Gasteiger partial charge on any atom is 0.170 e. The molecule has 0 atom stereocenters. The Labute approximate surface area is 128 Å². The summed E-state index contributed by atoms with van der Waals surface area (Å²) in [6, 6.07) is 9.56. The molecule has 0 bridgehead atoms. The number of halogens is 4. The second-order valence-electron chi connectivity index (χ2n) is 3.90. The minimum atomic E-state index is -0.573. The predicted octanol–water partition coefficient (Wildman–Crippen LogP) is 5.32. The molecule has 2 rings (SSSR count). The molecule has 0 fully saturated rings. The van der Waals surface area contributed by atoms with Crippen molar-refractivity contribution in [2.24, 2.45) is 0 Å². The standard InChI is InChI=1S/C14H8BrCl2FO/c15-10-4-1-3-8(14(10)18)13(19)7-9-11(16)5-2-6-12(9)17/h1-6H,7H2. The van der Waals surface area contributed by atoms with Gasteiger partial charge < -0.3 is 0 Å². The maximum atomic E-state index is 13.8. The van der Waals surface area contributed by atoms with E-state index in [1.807, 2.05) is 0 Å². The van der Waals surface area contributed by atoms with E-state index < -0.39 is 5.82 Å². The summed E-state index contributed by atoms with van der Waals surface area (Å²) in [5.41, 5.74) is 0.528. The summed E-state index contributed by atoms with van der Waals surface area (Å²) < 4.78 is 14.1. The second kappa shape index (κ2) is 6.04. The number of rotatable bonds is 3. The fourth-order valence-electron chi connectivity index (χ4n) is 1.68. The van der Waals surface area contributed by atoms with Gasteiger partial charge in [0.25, 0.3) is 0 Å². The molecule has 2 aromatic carbocycles. The first-order valence-corrected chi connectivity index (χ1v) is 6.95. The minimum absolute atomic E-state index is 0.0189. The number of carbonyl (C=O) groups excluding carboxylic acids is 1. The van der Waals surface area contributed by atoms with Crippen LogP contribution in [0.25, 0.3) is 0 Å². The van der Waals surface area contributed by atoms with Gasteiger partial charge in [-0.25, -0.2) is 4.39 Å². The SMILES string of the molecule is O=C(Cc1c(Cl)cccc1Cl)c1cccc(Br)c1F. The number of hydrogen-bond donors (Lipinski definition) is 0. The van der Waals surface area contributed by atoms with Crippen LogP contribution in [0, 0.1) is 5.82 Å². The number of hydrogen-bond acceptors (Lipinski definition) is 1. The van der Waals surface area contributed by atoms with E-state index in [9.17, 15) is 9.18 Å². The summed E-state index contributed by atoms with van der Waals surface area (Å²) in [6.45, 7) is 0. The summed E-state index contributed by atoms with van der Waals surface area (Å²) >= 11 is 15.0. The second-order valence-corrected chi connectivity index (χ2v) is 5.57. The third-order valence-corrected chi connectivity index (χ3v) is 3.97. The molecule has 0 aliphatic carbocycles. The summed E-state index contributed by atoms with van der Waals surface area (Å²) in [5.74, 6) is -0.940. The van der Waals surface area contributed by atoms with Crippen LogP contribution in [-0.4, -0.2) is 5.78 Å². The van der Waals surface area contributed by atoms with Gasteiger partial charge in [-0.3, -0.25) is 4.79 Å².